The number of carbonyl (C=O) groups is 6. The molecule has 1 saturated heterocycles. The van der Waals surface area contributed by atoms with E-state index >= 15 is 0 Å². The van der Waals surface area contributed by atoms with E-state index in [1.165, 1.54) is 18.2 Å². The summed E-state index contributed by atoms with van der Waals surface area (Å²) in [6.07, 6.45) is -0.787. The molecule has 16 nitrogen and oxygen atoms in total. The molecule has 2 saturated carbocycles. The molecule has 5 amide bonds. The fraction of sp³-hybridized carbons (Fsp3) is 0.562. The smallest absolute Gasteiger partial charge is 0.411 e. The number of likely N-dealkylation sites (tertiary alicyclic amines) is 1. The molecular formula is C32H43N5O11S. The van der Waals surface area contributed by atoms with Gasteiger partial charge in [-0.2, -0.15) is 0 Å². The van der Waals surface area contributed by atoms with Crippen LogP contribution in [0, 0.1) is 11.3 Å². The largest absolute Gasteiger partial charge is 0.462 e. The highest BCUT2D eigenvalue weighted by molar-refractivity contribution is 7.91. The molecule has 2 unspecified atom stereocenters. The number of sulfonamides is 1. The average molecular weight is 706 g/mol. The van der Waals surface area contributed by atoms with E-state index in [2.05, 4.69) is 27.3 Å². The van der Waals surface area contributed by atoms with Crippen molar-refractivity contribution >= 4 is 51.6 Å². The summed E-state index contributed by atoms with van der Waals surface area (Å²) in [5.74, 6) is -3.66. The van der Waals surface area contributed by atoms with E-state index in [4.69, 9.17) is 14.2 Å². The van der Waals surface area contributed by atoms with Crippen molar-refractivity contribution in [1.29, 1.82) is 0 Å². The number of alkyl carbamates (subject to hydrolysis) is 1. The van der Waals surface area contributed by atoms with Crippen LogP contribution in [-0.4, -0.2) is 98.4 Å². The number of nitrogens with one attached hydrogen (secondary N) is 4. The third kappa shape index (κ3) is 8.50. The Bertz CT molecular complexity index is 1620. The van der Waals surface area contributed by atoms with Crippen LogP contribution in [0.1, 0.15) is 63.7 Å². The zero-order valence-corrected chi connectivity index (χ0v) is 28.9. The SMILES string of the molecule is C=CC1CC1(NC(=O)[C@@H]1C[C@@H](OC(=O)Nc2ccccc2C(=O)OCC)CN1C(=O)[C@@H](NC(=O)OC)C(C)(C)C)C(=O)NS(=O)(=O)C1CC1. The molecule has 1 heterocycles. The van der Waals surface area contributed by atoms with Crippen molar-refractivity contribution in [3.63, 3.8) is 0 Å². The lowest BCUT2D eigenvalue weighted by molar-refractivity contribution is -0.142. The van der Waals surface area contributed by atoms with Crippen molar-refractivity contribution in [3.8, 4) is 0 Å². The van der Waals surface area contributed by atoms with Crippen LogP contribution in [0.15, 0.2) is 36.9 Å². The van der Waals surface area contributed by atoms with Crippen LogP contribution in [0.2, 0.25) is 0 Å². The van der Waals surface area contributed by atoms with Gasteiger partial charge in [0.1, 0.15) is 23.7 Å². The van der Waals surface area contributed by atoms with E-state index in [1.807, 2.05) is 0 Å². The summed E-state index contributed by atoms with van der Waals surface area (Å²) in [7, 11) is -2.80. The number of rotatable bonds is 12. The van der Waals surface area contributed by atoms with Gasteiger partial charge in [0.15, 0.2) is 0 Å². The Hall–Kier alpha value is -4.67. The first-order valence-electron chi connectivity index (χ1n) is 15.9. The third-order valence-electron chi connectivity index (χ3n) is 8.59. The number of esters is 1. The average Bonchev–Trinajstić information content (AvgIpc) is 3.96. The summed E-state index contributed by atoms with van der Waals surface area (Å²) in [5.41, 5.74) is -2.31. The van der Waals surface area contributed by atoms with Crippen molar-refractivity contribution in [2.45, 2.75) is 82.4 Å². The minimum atomic E-state index is -3.94. The Kier molecular flexibility index (Phi) is 10.9. The molecule has 5 atom stereocenters. The number of nitrogens with zero attached hydrogens (tertiary/aromatic N) is 1. The van der Waals surface area contributed by atoms with Gasteiger partial charge in [-0.25, -0.2) is 22.8 Å². The van der Waals surface area contributed by atoms with Crippen molar-refractivity contribution in [2.24, 2.45) is 11.3 Å². The Morgan fingerprint density at radius 3 is 2.35 bits per heavy atom. The molecule has 0 aromatic heterocycles. The highest BCUT2D eigenvalue weighted by Gasteiger charge is 2.62. The van der Waals surface area contributed by atoms with E-state index in [1.54, 1.807) is 39.8 Å². The van der Waals surface area contributed by atoms with E-state index in [-0.39, 0.29) is 37.2 Å². The molecule has 4 rings (SSSR count). The first-order chi connectivity index (χ1) is 23.0. The maximum absolute atomic E-state index is 14.1. The second-order valence-corrected chi connectivity index (χ2v) is 15.2. The van der Waals surface area contributed by atoms with Gasteiger partial charge in [0.2, 0.25) is 21.8 Å². The number of hydrogen-bond acceptors (Lipinski definition) is 11. The van der Waals surface area contributed by atoms with Crippen LogP contribution in [0.5, 0.6) is 0 Å². The second kappa shape index (κ2) is 14.4. The van der Waals surface area contributed by atoms with Crippen LogP contribution in [0.25, 0.3) is 0 Å². The topological polar surface area (TPSA) is 216 Å². The molecule has 2 aliphatic carbocycles. The summed E-state index contributed by atoms with van der Waals surface area (Å²) in [6.45, 7) is 10.2. The standard InChI is InChI=1S/C32H43N5O11S/c1-7-18-16-32(18,28(41)36-49(44,45)20-13-14-20)35-25(38)23-15-19(17-37(23)26(39)24(31(3,4)5)34-29(42)46-6)48-30(43)33-22-12-10-9-11-21(22)27(40)47-8-2/h7,9-12,18-20,23-24H,1,8,13-17H2,2-6H3,(H,33,43)(H,34,42)(H,35,38)(H,36,41)/t18?,19-,23+,24-,32?/m1/s1. The zero-order chi connectivity index (χ0) is 36.3. The molecule has 1 aliphatic heterocycles. The predicted octanol–water partition coefficient (Wildman–Crippen LogP) is 1.82. The number of methoxy groups -OCH3 is 1. The van der Waals surface area contributed by atoms with Gasteiger partial charge in [-0.1, -0.05) is 39.0 Å². The first kappa shape index (κ1) is 37.2. The highest BCUT2D eigenvalue weighted by Crippen LogP contribution is 2.45. The first-order valence-corrected chi connectivity index (χ1v) is 17.4. The van der Waals surface area contributed by atoms with Crippen LogP contribution < -0.4 is 20.7 Å². The van der Waals surface area contributed by atoms with Gasteiger partial charge in [0.05, 0.1) is 36.8 Å². The van der Waals surface area contributed by atoms with Crippen LogP contribution >= 0.6 is 0 Å². The van der Waals surface area contributed by atoms with Gasteiger partial charge in [0, 0.05) is 12.3 Å². The van der Waals surface area contributed by atoms with Crippen LogP contribution in [-0.2, 0) is 38.6 Å². The molecule has 17 heteroatoms. The third-order valence-corrected chi connectivity index (χ3v) is 10.4. The van der Waals surface area contributed by atoms with Crippen molar-refractivity contribution < 1.29 is 51.4 Å². The molecular weight excluding hydrogens is 662 g/mol. The lowest BCUT2D eigenvalue weighted by Crippen LogP contribution is -2.60. The fourth-order valence-corrected chi connectivity index (χ4v) is 7.02. The molecule has 49 heavy (non-hydrogen) atoms. The van der Waals surface area contributed by atoms with Gasteiger partial charge < -0.3 is 29.7 Å². The Morgan fingerprint density at radius 1 is 1.10 bits per heavy atom. The predicted molar refractivity (Wildman–Crippen MR) is 174 cm³/mol. The highest BCUT2D eigenvalue weighted by atomic mass is 32.2. The fourth-order valence-electron chi connectivity index (χ4n) is 5.66. The molecule has 3 fully saturated rings. The number of amides is 5. The minimum absolute atomic E-state index is 0.0750. The molecule has 0 bridgehead atoms. The second-order valence-electron chi connectivity index (χ2n) is 13.3. The molecule has 268 valence electrons. The molecule has 0 radical (unpaired) electrons. The summed E-state index contributed by atoms with van der Waals surface area (Å²) in [4.78, 5) is 80.1. The molecule has 0 spiro atoms. The number of hydrogen-bond donors (Lipinski definition) is 4. The van der Waals surface area contributed by atoms with Gasteiger partial charge in [-0.3, -0.25) is 24.4 Å². The van der Waals surface area contributed by atoms with Gasteiger partial charge in [-0.15, -0.1) is 6.58 Å². The van der Waals surface area contributed by atoms with Crippen LogP contribution in [0.3, 0.4) is 0 Å². The van der Waals surface area contributed by atoms with E-state index < -0.39 is 86.2 Å². The van der Waals surface area contributed by atoms with Crippen molar-refractivity contribution in [1.82, 2.24) is 20.3 Å². The zero-order valence-electron chi connectivity index (χ0n) is 28.1. The van der Waals surface area contributed by atoms with E-state index in [0.29, 0.717) is 12.8 Å². The number of ether oxygens (including phenoxy) is 3. The Labute approximate surface area is 284 Å². The van der Waals surface area contributed by atoms with Crippen molar-refractivity contribution in [3.05, 3.63) is 42.5 Å². The normalized spacial score (nSPS) is 23.7. The van der Waals surface area contributed by atoms with E-state index in [9.17, 15) is 37.2 Å². The maximum Gasteiger partial charge on any atom is 0.411 e. The van der Waals surface area contributed by atoms with Gasteiger partial charge in [-0.05, 0) is 43.7 Å². The molecule has 3 aliphatic rings. The maximum atomic E-state index is 14.1. The number of anilines is 1. The monoisotopic (exact) mass is 705 g/mol. The minimum Gasteiger partial charge on any atom is -0.462 e. The summed E-state index contributed by atoms with van der Waals surface area (Å²) in [5, 5.41) is 6.97. The van der Waals surface area contributed by atoms with Gasteiger partial charge in [0.25, 0.3) is 5.91 Å². The Balaban J connectivity index is 1.58. The van der Waals surface area contributed by atoms with Crippen LogP contribution in [0.4, 0.5) is 15.3 Å². The lowest BCUT2D eigenvalue weighted by atomic mass is 9.85. The Morgan fingerprint density at radius 2 is 1.78 bits per heavy atom. The van der Waals surface area contributed by atoms with Gasteiger partial charge >= 0.3 is 18.2 Å². The lowest BCUT2D eigenvalue weighted by Gasteiger charge is -2.35. The molecule has 1 aromatic carbocycles. The molecule has 1 aromatic rings. The number of carbonyl (C=O) groups excluding carboxylic acids is 6. The molecule has 4 N–H and O–H groups in total. The number of benzene rings is 1. The number of para-hydroxylation sites is 1. The summed E-state index contributed by atoms with van der Waals surface area (Å²) >= 11 is 0. The van der Waals surface area contributed by atoms with Crippen molar-refractivity contribution in [2.75, 3.05) is 25.6 Å². The summed E-state index contributed by atoms with van der Waals surface area (Å²) < 4.78 is 42.6. The van der Waals surface area contributed by atoms with E-state index in [0.717, 1.165) is 12.0 Å². The summed E-state index contributed by atoms with van der Waals surface area (Å²) in [6, 6.07) is 3.61. The quantitative estimate of drug-likeness (QED) is 0.140.